The third kappa shape index (κ3) is 4.04. The lowest BCUT2D eigenvalue weighted by Crippen LogP contribution is -2.31. The summed E-state index contributed by atoms with van der Waals surface area (Å²) in [6.07, 6.45) is 6.09. The second-order valence-electron chi connectivity index (χ2n) is 4.92. The zero-order chi connectivity index (χ0) is 15.9. The number of ether oxygens (including phenoxy) is 1. The summed E-state index contributed by atoms with van der Waals surface area (Å²) in [4.78, 5) is 16.5. The zero-order valence-corrected chi connectivity index (χ0v) is 13.9. The largest absolute Gasteiger partial charge is 0.497 e. The van der Waals surface area contributed by atoms with Crippen LogP contribution in [-0.2, 0) is 11.8 Å². The number of methoxy groups -OCH3 is 1. The minimum absolute atomic E-state index is 0.0187. The molecule has 0 fully saturated rings. The Hall–Kier alpha value is -1.95. The van der Waals surface area contributed by atoms with Crippen molar-refractivity contribution in [2.45, 2.75) is 12.5 Å². The Morgan fingerprint density at radius 1 is 1.50 bits per heavy atom. The Balaban J connectivity index is 2.29. The average Bonchev–Trinajstić information content (AvgIpc) is 2.96. The zero-order valence-electron chi connectivity index (χ0n) is 13.1. The van der Waals surface area contributed by atoms with E-state index < -0.39 is 0 Å². The van der Waals surface area contributed by atoms with Gasteiger partial charge in [0.25, 0.3) is 0 Å². The molecule has 1 aromatic heterocycles. The SMILES string of the molecule is COc1cccc([C@@H](NC(=O)CCSC)c2nccn2C)c1. The van der Waals surface area contributed by atoms with Crippen molar-refractivity contribution < 1.29 is 9.53 Å². The lowest BCUT2D eigenvalue weighted by Gasteiger charge is -2.19. The predicted octanol–water partition coefficient (Wildman–Crippen LogP) is 2.39. The first kappa shape index (κ1) is 16.4. The van der Waals surface area contributed by atoms with E-state index in [4.69, 9.17) is 4.74 Å². The van der Waals surface area contributed by atoms with Gasteiger partial charge in [0.2, 0.25) is 5.91 Å². The summed E-state index contributed by atoms with van der Waals surface area (Å²) in [5, 5.41) is 3.07. The van der Waals surface area contributed by atoms with Crippen LogP contribution in [0.25, 0.3) is 0 Å². The van der Waals surface area contributed by atoms with E-state index in [0.717, 1.165) is 22.9 Å². The molecule has 0 saturated carbocycles. The van der Waals surface area contributed by atoms with Gasteiger partial charge in [0.1, 0.15) is 17.6 Å². The van der Waals surface area contributed by atoms with Crippen molar-refractivity contribution in [2.75, 3.05) is 19.1 Å². The highest BCUT2D eigenvalue weighted by molar-refractivity contribution is 7.98. The molecule has 0 spiro atoms. The van der Waals surface area contributed by atoms with Crippen LogP contribution in [0.5, 0.6) is 5.75 Å². The molecule has 1 aromatic carbocycles. The summed E-state index contributed by atoms with van der Waals surface area (Å²) in [6, 6.07) is 7.40. The molecule has 0 aliphatic heterocycles. The fraction of sp³-hybridized carbons (Fsp3) is 0.375. The number of aryl methyl sites for hydroxylation is 1. The molecule has 0 bridgehead atoms. The molecule has 2 aromatic rings. The summed E-state index contributed by atoms with van der Waals surface area (Å²) < 4.78 is 7.19. The lowest BCUT2D eigenvalue weighted by atomic mass is 10.1. The van der Waals surface area contributed by atoms with Crippen LogP contribution in [0.15, 0.2) is 36.7 Å². The average molecular weight is 319 g/mol. The van der Waals surface area contributed by atoms with Gasteiger partial charge in [-0.1, -0.05) is 12.1 Å². The molecule has 5 nitrogen and oxygen atoms in total. The number of benzene rings is 1. The number of nitrogens with zero attached hydrogens (tertiary/aromatic N) is 2. The number of imidazole rings is 1. The van der Waals surface area contributed by atoms with E-state index in [1.807, 2.05) is 48.3 Å². The van der Waals surface area contributed by atoms with Crippen LogP contribution < -0.4 is 10.1 Å². The van der Waals surface area contributed by atoms with Crippen molar-refractivity contribution in [1.29, 1.82) is 0 Å². The van der Waals surface area contributed by atoms with Crippen LogP contribution in [0.3, 0.4) is 0 Å². The fourth-order valence-electron chi connectivity index (χ4n) is 2.20. The molecule has 118 valence electrons. The van der Waals surface area contributed by atoms with Crippen LogP contribution in [0, 0.1) is 0 Å². The van der Waals surface area contributed by atoms with Gasteiger partial charge in [0.05, 0.1) is 7.11 Å². The van der Waals surface area contributed by atoms with E-state index in [0.29, 0.717) is 6.42 Å². The summed E-state index contributed by atoms with van der Waals surface area (Å²) in [5.74, 6) is 2.38. The summed E-state index contributed by atoms with van der Waals surface area (Å²) >= 11 is 1.66. The van der Waals surface area contributed by atoms with E-state index in [2.05, 4.69) is 10.3 Å². The lowest BCUT2D eigenvalue weighted by molar-refractivity contribution is -0.121. The first-order chi connectivity index (χ1) is 10.7. The number of hydrogen-bond donors (Lipinski definition) is 1. The Labute approximate surface area is 135 Å². The first-order valence-electron chi connectivity index (χ1n) is 7.05. The molecule has 1 N–H and O–H groups in total. The minimum atomic E-state index is -0.288. The number of nitrogens with one attached hydrogen (secondary N) is 1. The Morgan fingerprint density at radius 3 is 2.95 bits per heavy atom. The number of thioether (sulfide) groups is 1. The monoisotopic (exact) mass is 319 g/mol. The topological polar surface area (TPSA) is 56.1 Å². The number of aromatic nitrogens is 2. The summed E-state index contributed by atoms with van der Waals surface area (Å²) in [6.45, 7) is 0. The third-order valence-corrected chi connectivity index (χ3v) is 3.99. The van der Waals surface area contributed by atoms with Gasteiger partial charge in [-0.25, -0.2) is 4.98 Å². The second kappa shape index (κ2) is 7.89. The van der Waals surface area contributed by atoms with Gasteiger partial charge in [-0.2, -0.15) is 11.8 Å². The summed E-state index contributed by atoms with van der Waals surface area (Å²) in [5.41, 5.74) is 0.950. The molecular weight excluding hydrogens is 298 g/mol. The maximum absolute atomic E-state index is 12.2. The van der Waals surface area contributed by atoms with Gasteiger partial charge in [-0.3, -0.25) is 4.79 Å². The van der Waals surface area contributed by atoms with Crippen LogP contribution in [0.2, 0.25) is 0 Å². The minimum Gasteiger partial charge on any atom is -0.497 e. The van der Waals surface area contributed by atoms with Crippen molar-refractivity contribution in [3.8, 4) is 5.75 Å². The molecule has 6 heteroatoms. The second-order valence-corrected chi connectivity index (χ2v) is 5.90. The van der Waals surface area contributed by atoms with Crippen molar-refractivity contribution in [1.82, 2.24) is 14.9 Å². The van der Waals surface area contributed by atoms with Gasteiger partial charge in [0, 0.05) is 31.6 Å². The maximum Gasteiger partial charge on any atom is 0.221 e. The molecule has 0 aliphatic carbocycles. The Kier molecular flexibility index (Phi) is 5.89. The van der Waals surface area contributed by atoms with Crippen molar-refractivity contribution in [3.63, 3.8) is 0 Å². The molecule has 22 heavy (non-hydrogen) atoms. The van der Waals surface area contributed by atoms with Crippen LogP contribution in [-0.4, -0.2) is 34.6 Å². The molecule has 0 unspecified atom stereocenters. The van der Waals surface area contributed by atoms with Crippen molar-refractivity contribution in [3.05, 3.63) is 48.0 Å². The number of rotatable bonds is 7. The molecule has 0 aliphatic rings. The first-order valence-corrected chi connectivity index (χ1v) is 8.44. The normalized spacial score (nSPS) is 12.0. The quantitative estimate of drug-likeness (QED) is 0.851. The van der Waals surface area contributed by atoms with E-state index in [9.17, 15) is 4.79 Å². The number of hydrogen-bond acceptors (Lipinski definition) is 4. The molecule has 1 heterocycles. The van der Waals surface area contributed by atoms with E-state index in [1.54, 1.807) is 25.1 Å². The highest BCUT2D eigenvalue weighted by Crippen LogP contribution is 2.24. The Morgan fingerprint density at radius 2 is 2.32 bits per heavy atom. The Bertz CT molecular complexity index is 627. The molecule has 0 saturated heterocycles. The number of amides is 1. The smallest absolute Gasteiger partial charge is 0.221 e. The predicted molar refractivity (Wildman–Crippen MR) is 89.2 cm³/mol. The van der Waals surface area contributed by atoms with Gasteiger partial charge in [-0.15, -0.1) is 0 Å². The number of carbonyl (C=O) groups is 1. The van der Waals surface area contributed by atoms with E-state index in [-0.39, 0.29) is 11.9 Å². The van der Waals surface area contributed by atoms with Gasteiger partial charge >= 0.3 is 0 Å². The maximum atomic E-state index is 12.2. The van der Waals surface area contributed by atoms with E-state index in [1.165, 1.54) is 0 Å². The van der Waals surface area contributed by atoms with Crippen LogP contribution in [0.1, 0.15) is 23.9 Å². The van der Waals surface area contributed by atoms with E-state index >= 15 is 0 Å². The standard InChI is InChI=1S/C16H21N3O2S/c1-19-9-8-17-16(19)15(18-14(20)7-10-22-3)12-5-4-6-13(11-12)21-2/h4-6,8-9,11,15H,7,10H2,1-3H3,(H,18,20)/t15-/m1/s1. The van der Waals surface area contributed by atoms with Gasteiger partial charge in [-0.05, 0) is 24.0 Å². The highest BCUT2D eigenvalue weighted by atomic mass is 32.2. The van der Waals surface area contributed by atoms with Gasteiger partial charge < -0.3 is 14.6 Å². The van der Waals surface area contributed by atoms with Gasteiger partial charge in [0.15, 0.2) is 0 Å². The molecule has 2 rings (SSSR count). The van der Waals surface area contributed by atoms with Crippen molar-refractivity contribution >= 4 is 17.7 Å². The molecule has 1 amide bonds. The fourth-order valence-corrected chi connectivity index (χ4v) is 2.59. The van der Waals surface area contributed by atoms with Crippen LogP contribution >= 0.6 is 11.8 Å². The van der Waals surface area contributed by atoms with Crippen LogP contribution in [0.4, 0.5) is 0 Å². The molecule has 1 atom stereocenters. The van der Waals surface area contributed by atoms with Crippen molar-refractivity contribution in [2.24, 2.45) is 7.05 Å². The molecular formula is C16H21N3O2S. The third-order valence-electron chi connectivity index (χ3n) is 3.38. The molecule has 0 radical (unpaired) electrons. The summed E-state index contributed by atoms with van der Waals surface area (Å²) in [7, 11) is 3.55. The highest BCUT2D eigenvalue weighted by Gasteiger charge is 2.20. The number of carbonyl (C=O) groups excluding carboxylic acids is 1.